The van der Waals surface area contributed by atoms with Gasteiger partial charge in [0.15, 0.2) is 0 Å². The van der Waals surface area contributed by atoms with Gasteiger partial charge in [-0.3, -0.25) is 9.78 Å². The number of benzene rings is 2. The van der Waals surface area contributed by atoms with E-state index in [4.69, 9.17) is 0 Å². The average Bonchev–Trinajstić information content (AvgIpc) is 2.73. The second-order valence-corrected chi connectivity index (χ2v) is 9.50. The third-order valence-corrected chi connectivity index (χ3v) is 6.61. The van der Waals surface area contributed by atoms with Crippen molar-refractivity contribution in [1.29, 1.82) is 0 Å². The van der Waals surface area contributed by atoms with Crippen molar-refractivity contribution in [3.8, 4) is 0 Å². The molecule has 0 aliphatic rings. The van der Waals surface area contributed by atoms with E-state index in [0.29, 0.717) is 12.8 Å². The molecule has 1 N–H and O–H groups in total. The number of hydrogen-bond acceptors (Lipinski definition) is 4. The molecule has 3 rings (SSSR count). The fourth-order valence-electron chi connectivity index (χ4n) is 3.24. The van der Waals surface area contributed by atoms with Crippen LogP contribution < -0.4 is 4.72 Å². The molecular weight excluding hydrogens is 396 g/mol. The molecule has 0 aliphatic heterocycles. The van der Waals surface area contributed by atoms with E-state index in [2.05, 4.69) is 9.71 Å². The number of rotatable bonds is 9. The van der Waals surface area contributed by atoms with E-state index in [1.165, 1.54) is 0 Å². The molecule has 1 aromatic heterocycles. The molecule has 30 heavy (non-hydrogen) atoms. The number of aromatic nitrogens is 1. The summed E-state index contributed by atoms with van der Waals surface area (Å²) in [5.74, 6) is 0.109. The number of sulfonamides is 1. The summed E-state index contributed by atoms with van der Waals surface area (Å²) in [6.45, 7) is 3.66. The first-order valence-electron chi connectivity index (χ1n) is 9.85. The number of ketones is 1. The maximum Gasteiger partial charge on any atom is 0.241 e. The number of nitrogens with one attached hydrogen (secondary N) is 1. The molecule has 0 spiro atoms. The van der Waals surface area contributed by atoms with Crippen molar-refractivity contribution in [2.45, 2.75) is 43.5 Å². The van der Waals surface area contributed by atoms with Crippen molar-refractivity contribution in [2.75, 3.05) is 0 Å². The third kappa shape index (κ3) is 5.84. The summed E-state index contributed by atoms with van der Waals surface area (Å²) < 4.78 is 28.4. The molecule has 156 valence electrons. The first-order chi connectivity index (χ1) is 14.3. The molecule has 0 saturated heterocycles. The van der Waals surface area contributed by atoms with Crippen LogP contribution in [0.25, 0.3) is 0 Å². The molecule has 5 nitrogen and oxygen atoms in total. The maximum absolute atomic E-state index is 12.8. The van der Waals surface area contributed by atoms with E-state index in [9.17, 15) is 13.2 Å². The number of carbonyl (C=O) groups excluding carboxylic acids is 1. The summed E-state index contributed by atoms with van der Waals surface area (Å²) in [5, 5.41) is 0. The summed E-state index contributed by atoms with van der Waals surface area (Å²) >= 11 is 0. The Morgan fingerprint density at radius 3 is 2.27 bits per heavy atom. The van der Waals surface area contributed by atoms with E-state index in [1.54, 1.807) is 36.7 Å². The minimum atomic E-state index is -3.70. The van der Waals surface area contributed by atoms with Crippen LogP contribution in [0.1, 0.15) is 37.0 Å². The maximum atomic E-state index is 12.8. The van der Waals surface area contributed by atoms with Gasteiger partial charge in [0.25, 0.3) is 0 Å². The highest BCUT2D eigenvalue weighted by Gasteiger charge is 2.27. The van der Waals surface area contributed by atoms with Crippen LogP contribution in [0.3, 0.4) is 0 Å². The molecule has 0 bridgehead atoms. The highest BCUT2D eigenvalue weighted by atomic mass is 32.2. The van der Waals surface area contributed by atoms with E-state index in [-0.39, 0.29) is 17.1 Å². The minimum absolute atomic E-state index is 0.109. The van der Waals surface area contributed by atoms with E-state index < -0.39 is 15.6 Å². The Morgan fingerprint density at radius 1 is 0.933 bits per heavy atom. The number of aryl methyl sites for hydroxylation is 1. The van der Waals surface area contributed by atoms with Gasteiger partial charge in [-0.15, -0.1) is 0 Å². The highest BCUT2D eigenvalue weighted by molar-refractivity contribution is 7.89. The Hall–Kier alpha value is -2.83. The van der Waals surface area contributed by atoms with Crippen LogP contribution in [0.5, 0.6) is 0 Å². The molecule has 0 fully saturated rings. The molecular formula is C24H26N2O3S. The van der Waals surface area contributed by atoms with E-state index in [0.717, 1.165) is 16.7 Å². The lowest BCUT2D eigenvalue weighted by atomic mass is 9.96. The van der Waals surface area contributed by atoms with Crippen LogP contribution >= 0.6 is 0 Å². The smallest absolute Gasteiger partial charge is 0.241 e. The van der Waals surface area contributed by atoms with Crippen LogP contribution in [-0.2, 0) is 33.2 Å². The number of nitrogens with zero attached hydrogens (tertiary/aromatic N) is 1. The zero-order chi connectivity index (χ0) is 21.6. The normalized spacial score (nSPS) is 11.9. The van der Waals surface area contributed by atoms with Crippen molar-refractivity contribution in [2.24, 2.45) is 0 Å². The monoisotopic (exact) mass is 422 g/mol. The summed E-state index contributed by atoms with van der Waals surface area (Å²) in [5.41, 5.74) is 1.96. The van der Waals surface area contributed by atoms with E-state index >= 15 is 0 Å². The Morgan fingerprint density at radius 2 is 1.63 bits per heavy atom. The van der Waals surface area contributed by atoms with Gasteiger partial charge >= 0.3 is 0 Å². The van der Waals surface area contributed by atoms with Crippen molar-refractivity contribution >= 4 is 15.8 Å². The Kier molecular flexibility index (Phi) is 6.80. The van der Waals surface area contributed by atoms with Gasteiger partial charge in [0.05, 0.1) is 10.4 Å². The number of hydrogen-bond donors (Lipinski definition) is 1. The van der Waals surface area contributed by atoms with Gasteiger partial charge in [-0.05, 0) is 55.2 Å². The third-order valence-electron chi connectivity index (χ3n) is 4.94. The summed E-state index contributed by atoms with van der Waals surface area (Å²) in [4.78, 5) is 16.5. The summed E-state index contributed by atoms with van der Waals surface area (Å²) in [7, 11) is -3.70. The summed E-state index contributed by atoms with van der Waals surface area (Å²) in [6, 6.07) is 19.7. The van der Waals surface area contributed by atoms with Crippen LogP contribution in [0.4, 0.5) is 0 Å². The average molecular weight is 423 g/mol. The molecule has 3 aromatic rings. The quantitative estimate of drug-likeness (QED) is 0.565. The van der Waals surface area contributed by atoms with E-state index in [1.807, 2.05) is 56.3 Å². The predicted octanol–water partition coefficient (Wildman–Crippen LogP) is 4.04. The van der Waals surface area contributed by atoms with Gasteiger partial charge in [0.1, 0.15) is 5.78 Å². The number of carbonyl (C=O) groups is 1. The SMILES string of the molecule is CC(C)(NS(=O)(=O)c1ccc(CC(=O)CCc2cccnc2)cc1)c1ccccc1. The molecule has 0 unspecified atom stereocenters. The van der Waals surface area contributed by atoms with Crippen molar-refractivity contribution in [3.05, 3.63) is 95.8 Å². The fraction of sp³-hybridized carbons (Fsp3) is 0.250. The lowest BCUT2D eigenvalue weighted by molar-refractivity contribution is -0.118. The molecule has 0 atom stereocenters. The largest absolute Gasteiger partial charge is 0.299 e. The molecule has 0 saturated carbocycles. The van der Waals surface area contributed by atoms with Gasteiger partial charge < -0.3 is 0 Å². The standard InChI is InChI=1S/C24H26N2O3S/c1-24(2,21-8-4-3-5-9-21)26-30(28,29)23-14-11-19(12-15-23)17-22(27)13-10-20-7-6-16-25-18-20/h3-9,11-12,14-16,18,26H,10,13,17H2,1-2H3. The first-order valence-corrected chi connectivity index (χ1v) is 11.3. The van der Waals surface area contributed by atoms with Crippen molar-refractivity contribution < 1.29 is 13.2 Å². The second-order valence-electron chi connectivity index (χ2n) is 7.82. The lowest BCUT2D eigenvalue weighted by Crippen LogP contribution is -2.40. The van der Waals surface area contributed by atoms with Crippen LogP contribution in [0.2, 0.25) is 0 Å². The fourth-order valence-corrected chi connectivity index (χ4v) is 4.64. The molecule has 0 aliphatic carbocycles. The Bertz CT molecular complexity index is 1080. The second kappa shape index (κ2) is 9.32. The van der Waals surface area contributed by atoms with Crippen molar-refractivity contribution in [1.82, 2.24) is 9.71 Å². The zero-order valence-corrected chi connectivity index (χ0v) is 18.0. The summed E-state index contributed by atoms with van der Waals surface area (Å²) in [6.07, 6.45) is 4.83. The highest BCUT2D eigenvalue weighted by Crippen LogP contribution is 2.23. The van der Waals surface area contributed by atoms with Gasteiger partial charge in [-0.1, -0.05) is 48.5 Å². The topological polar surface area (TPSA) is 76.1 Å². The first kappa shape index (κ1) is 21.9. The molecule has 2 aromatic carbocycles. The molecule has 6 heteroatoms. The minimum Gasteiger partial charge on any atom is -0.299 e. The van der Waals surface area contributed by atoms with Gasteiger partial charge in [0.2, 0.25) is 10.0 Å². The molecule has 0 amide bonds. The molecule has 1 heterocycles. The van der Waals surface area contributed by atoms with Gasteiger partial charge in [-0.25, -0.2) is 13.1 Å². The van der Waals surface area contributed by atoms with Gasteiger partial charge in [-0.2, -0.15) is 0 Å². The molecule has 0 radical (unpaired) electrons. The zero-order valence-electron chi connectivity index (χ0n) is 17.2. The van der Waals surface area contributed by atoms with Crippen LogP contribution in [0.15, 0.2) is 84.0 Å². The van der Waals surface area contributed by atoms with Crippen LogP contribution in [-0.4, -0.2) is 19.2 Å². The Balaban J connectivity index is 1.62. The van der Waals surface area contributed by atoms with Gasteiger partial charge in [0, 0.05) is 25.2 Å². The van der Waals surface area contributed by atoms with Crippen LogP contribution in [0, 0.1) is 0 Å². The predicted molar refractivity (Wildman–Crippen MR) is 118 cm³/mol. The van der Waals surface area contributed by atoms with Crippen molar-refractivity contribution in [3.63, 3.8) is 0 Å². The number of pyridine rings is 1. The Labute approximate surface area is 178 Å². The lowest BCUT2D eigenvalue weighted by Gasteiger charge is -2.26. The number of Topliss-reactive ketones (excluding diaryl/α,β-unsaturated/α-hetero) is 1.